The Bertz CT molecular complexity index is 1460. The van der Waals surface area contributed by atoms with Crippen molar-refractivity contribution in [1.29, 1.82) is 0 Å². The number of rotatable bonds is 7. The summed E-state index contributed by atoms with van der Waals surface area (Å²) < 4.78 is 25.1. The number of amides is 1. The highest BCUT2D eigenvalue weighted by molar-refractivity contribution is 7.90. The summed E-state index contributed by atoms with van der Waals surface area (Å²) in [7, 11) is -3.48. The van der Waals surface area contributed by atoms with Gasteiger partial charge in [-0.1, -0.05) is 42.5 Å². The Labute approximate surface area is 200 Å². The number of thiazole rings is 1. The van der Waals surface area contributed by atoms with E-state index in [0.717, 1.165) is 0 Å². The lowest BCUT2D eigenvalue weighted by atomic mass is 10.1. The second-order valence-electron chi connectivity index (χ2n) is 7.52. The Morgan fingerprint density at radius 2 is 1.76 bits per heavy atom. The number of nitro benzene ring substituents is 1. The molecule has 1 N–H and O–H groups in total. The largest absolute Gasteiger partial charge is 0.298 e. The molecule has 34 heavy (non-hydrogen) atoms. The number of carbonyl (C=O) groups excluding carboxylic acids is 1. The van der Waals surface area contributed by atoms with Gasteiger partial charge in [0.25, 0.3) is 11.6 Å². The molecule has 4 aromatic rings. The predicted octanol–water partition coefficient (Wildman–Crippen LogP) is 5.25. The third kappa shape index (κ3) is 5.19. The van der Waals surface area contributed by atoms with E-state index >= 15 is 0 Å². The van der Waals surface area contributed by atoms with E-state index in [2.05, 4.69) is 10.3 Å². The Kier molecular flexibility index (Phi) is 6.53. The summed E-state index contributed by atoms with van der Waals surface area (Å²) in [5.74, 6) is -0.564. The van der Waals surface area contributed by atoms with Crippen LogP contribution in [0.25, 0.3) is 11.3 Å². The molecule has 0 fully saturated rings. The zero-order valence-electron chi connectivity index (χ0n) is 18.0. The number of anilines is 1. The van der Waals surface area contributed by atoms with Crippen molar-refractivity contribution in [3.05, 3.63) is 105 Å². The molecule has 0 unspecified atom stereocenters. The minimum absolute atomic E-state index is 0.00505. The fourth-order valence-corrected chi connectivity index (χ4v) is 5.37. The minimum Gasteiger partial charge on any atom is -0.298 e. The molecule has 0 aliphatic heterocycles. The molecule has 0 atom stereocenters. The van der Waals surface area contributed by atoms with Gasteiger partial charge in [-0.2, -0.15) is 0 Å². The minimum atomic E-state index is -3.48. The van der Waals surface area contributed by atoms with Crippen molar-refractivity contribution in [2.45, 2.75) is 17.6 Å². The summed E-state index contributed by atoms with van der Waals surface area (Å²) in [6.45, 7) is 1.66. The Hall–Kier alpha value is -3.89. The van der Waals surface area contributed by atoms with Crippen molar-refractivity contribution >= 4 is 37.9 Å². The van der Waals surface area contributed by atoms with E-state index in [1.54, 1.807) is 79.0 Å². The number of nitro groups is 1. The van der Waals surface area contributed by atoms with Crippen LogP contribution in [0.2, 0.25) is 0 Å². The average molecular weight is 494 g/mol. The normalized spacial score (nSPS) is 11.2. The molecule has 1 aromatic heterocycles. The second kappa shape index (κ2) is 9.54. The molecule has 3 aromatic carbocycles. The number of hydrogen-bond acceptors (Lipinski definition) is 7. The van der Waals surface area contributed by atoms with Crippen molar-refractivity contribution < 1.29 is 18.1 Å². The van der Waals surface area contributed by atoms with Gasteiger partial charge in [0.1, 0.15) is 0 Å². The first-order chi connectivity index (χ1) is 16.2. The first kappa shape index (κ1) is 23.3. The average Bonchev–Trinajstić information content (AvgIpc) is 3.28. The molecule has 8 nitrogen and oxygen atoms in total. The number of nitrogens with zero attached hydrogens (tertiary/aromatic N) is 2. The highest BCUT2D eigenvalue weighted by atomic mass is 32.2. The van der Waals surface area contributed by atoms with E-state index in [9.17, 15) is 23.3 Å². The number of carbonyl (C=O) groups is 1. The van der Waals surface area contributed by atoms with E-state index in [4.69, 9.17) is 0 Å². The van der Waals surface area contributed by atoms with Gasteiger partial charge in [0.2, 0.25) is 0 Å². The van der Waals surface area contributed by atoms with Crippen LogP contribution in [0.5, 0.6) is 0 Å². The smallest absolute Gasteiger partial charge is 0.272 e. The monoisotopic (exact) mass is 493 g/mol. The summed E-state index contributed by atoms with van der Waals surface area (Å²) in [5, 5.41) is 15.9. The Morgan fingerprint density at radius 1 is 1.06 bits per heavy atom. The lowest BCUT2D eigenvalue weighted by molar-refractivity contribution is -0.385. The van der Waals surface area contributed by atoms with Crippen LogP contribution in [0, 0.1) is 17.0 Å². The number of hydrogen-bond donors (Lipinski definition) is 1. The van der Waals surface area contributed by atoms with E-state index in [0.29, 0.717) is 33.1 Å². The number of aryl methyl sites for hydroxylation is 1. The van der Waals surface area contributed by atoms with Gasteiger partial charge in [0.05, 0.1) is 21.3 Å². The SMILES string of the molecule is Cc1ccc(-c2csc(NC(=O)c3ccc(CS(=O)(=O)c4ccccc4)cc3)n2)cc1[N+](=O)[O-]. The van der Waals surface area contributed by atoms with Gasteiger partial charge in [-0.25, -0.2) is 13.4 Å². The highest BCUT2D eigenvalue weighted by Crippen LogP contribution is 2.29. The second-order valence-corrected chi connectivity index (χ2v) is 10.4. The lowest BCUT2D eigenvalue weighted by Crippen LogP contribution is -2.12. The van der Waals surface area contributed by atoms with Gasteiger partial charge >= 0.3 is 0 Å². The summed E-state index contributed by atoms with van der Waals surface area (Å²) in [6.07, 6.45) is 0. The molecule has 10 heteroatoms. The lowest BCUT2D eigenvalue weighted by Gasteiger charge is -2.06. The first-order valence-electron chi connectivity index (χ1n) is 10.1. The summed E-state index contributed by atoms with van der Waals surface area (Å²) in [4.78, 5) is 28.0. The van der Waals surface area contributed by atoms with Crippen LogP contribution in [0.15, 0.2) is 83.1 Å². The van der Waals surface area contributed by atoms with Gasteiger partial charge < -0.3 is 0 Å². The summed E-state index contributed by atoms with van der Waals surface area (Å²) in [5.41, 5.74) is 2.58. The maximum Gasteiger partial charge on any atom is 0.272 e. The van der Waals surface area contributed by atoms with Crippen LogP contribution in [0.1, 0.15) is 21.5 Å². The van der Waals surface area contributed by atoms with E-state index < -0.39 is 20.7 Å². The molecule has 172 valence electrons. The number of sulfone groups is 1. The molecule has 0 aliphatic carbocycles. The molecule has 1 heterocycles. The van der Waals surface area contributed by atoms with Crippen LogP contribution in [-0.2, 0) is 15.6 Å². The molecule has 0 bridgehead atoms. The summed E-state index contributed by atoms with van der Waals surface area (Å²) in [6, 6.07) is 19.4. The van der Waals surface area contributed by atoms with Crippen molar-refractivity contribution in [1.82, 2.24) is 4.98 Å². The fraction of sp³-hybridized carbons (Fsp3) is 0.0833. The van der Waals surface area contributed by atoms with Crippen LogP contribution in [0.3, 0.4) is 0 Å². The third-order valence-electron chi connectivity index (χ3n) is 5.10. The van der Waals surface area contributed by atoms with Gasteiger partial charge in [-0.15, -0.1) is 11.3 Å². The summed E-state index contributed by atoms with van der Waals surface area (Å²) >= 11 is 1.20. The molecule has 0 radical (unpaired) electrons. The van der Waals surface area contributed by atoms with E-state index in [-0.39, 0.29) is 16.3 Å². The van der Waals surface area contributed by atoms with E-state index in [1.807, 2.05) is 0 Å². The van der Waals surface area contributed by atoms with Crippen LogP contribution < -0.4 is 5.32 Å². The molecule has 0 aliphatic rings. The maximum atomic E-state index is 12.6. The number of aromatic nitrogens is 1. The highest BCUT2D eigenvalue weighted by Gasteiger charge is 2.17. The molecule has 4 rings (SSSR count). The van der Waals surface area contributed by atoms with Crippen molar-refractivity contribution in [2.75, 3.05) is 5.32 Å². The molecule has 0 saturated heterocycles. The zero-order chi connectivity index (χ0) is 24.3. The van der Waals surface area contributed by atoms with Crippen molar-refractivity contribution in [3.8, 4) is 11.3 Å². The number of nitrogens with one attached hydrogen (secondary N) is 1. The van der Waals surface area contributed by atoms with E-state index in [1.165, 1.54) is 17.4 Å². The van der Waals surface area contributed by atoms with Crippen LogP contribution in [0.4, 0.5) is 10.8 Å². The van der Waals surface area contributed by atoms with Gasteiger partial charge in [0, 0.05) is 28.1 Å². The topological polar surface area (TPSA) is 119 Å². The predicted molar refractivity (Wildman–Crippen MR) is 131 cm³/mol. The maximum absolute atomic E-state index is 12.6. The molecule has 0 saturated carbocycles. The first-order valence-corrected chi connectivity index (χ1v) is 12.7. The fourth-order valence-electron chi connectivity index (χ4n) is 3.28. The molecule has 1 amide bonds. The molecular weight excluding hydrogens is 474 g/mol. The third-order valence-corrected chi connectivity index (χ3v) is 7.56. The van der Waals surface area contributed by atoms with Crippen molar-refractivity contribution in [3.63, 3.8) is 0 Å². The van der Waals surface area contributed by atoms with Gasteiger partial charge in [-0.3, -0.25) is 20.2 Å². The van der Waals surface area contributed by atoms with Crippen LogP contribution in [-0.4, -0.2) is 24.2 Å². The standard InChI is InChI=1S/C24H19N3O5S2/c1-16-7-10-19(13-22(16)27(29)30)21-14-33-24(25-21)26-23(28)18-11-8-17(9-12-18)15-34(31,32)20-5-3-2-4-6-20/h2-14H,15H2,1H3,(H,25,26,28). The van der Waals surface area contributed by atoms with Crippen LogP contribution >= 0.6 is 11.3 Å². The van der Waals surface area contributed by atoms with Gasteiger partial charge in [0.15, 0.2) is 15.0 Å². The number of benzene rings is 3. The zero-order valence-corrected chi connectivity index (χ0v) is 19.6. The molecular formula is C24H19N3O5S2. The quantitative estimate of drug-likeness (QED) is 0.277. The Balaban J connectivity index is 1.44. The Morgan fingerprint density at radius 3 is 2.44 bits per heavy atom. The van der Waals surface area contributed by atoms with Crippen molar-refractivity contribution in [2.24, 2.45) is 0 Å². The van der Waals surface area contributed by atoms with Gasteiger partial charge in [-0.05, 0) is 36.8 Å². The molecule has 0 spiro atoms.